The summed E-state index contributed by atoms with van der Waals surface area (Å²) in [5.41, 5.74) is 5.07. The maximum Gasteiger partial charge on any atom is 0.174 e. The van der Waals surface area contributed by atoms with Crippen molar-refractivity contribution in [1.29, 1.82) is 5.26 Å². The number of nitrogens with zero attached hydrogens (tertiary/aromatic N) is 3. The molecule has 3 nitrogen and oxygen atoms in total. The zero-order chi connectivity index (χ0) is 17.1. The van der Waals surface area contributed by atoms with Crippen molar-refractivity contribution < 1.29 is 0 Å². The number of rotatable bonds is 4. The van der Waals surface area contributed by atoms with Crippen LogP contribution in [-0.4, -0.2) is 9.55 Å². The Morgan fingerprint density at radius 1 is 0.880 bits per heavy atom. The Hall–Kier alpha value is -3.03. The number of nitriles is 1. The van der Waals surface area contributed by atoms with Crippen molar-refractivity contribution in [3.63, 3.8) is 0 Å². The Morgan fingerprint density at radius 2 is 1.60 bits per heavy atom. The van der Waals surface area contributed by atoms with Crippen LogP contribution in [0, 0.1) is 11.3 Å². The number of hydrogen-bond acceptors (Lipinski definition) is 3. The molecule has 120 valence electrons. The van der Waals surface area contributed by atoms with Crippen LogP contribution in [0.2, 0.25) is 0 Å². The van der Waals surface area contributed by atoms with E-state index in [1.54, 1.807) is 11.8 Å². The second-order valence-corrected chi connectivity index (χ2v) is 6.59. The number of benzene rings is 3. The Kier molecular flexibility index (Phi) is 4.24. The van der Waals surface area contributed by atoms with Crippen molar-refractivity contribution >= 4 is 22.8 Å². The summed E-state index contributed by atoms with van der Waals surface area (Å²) in [7, 11) is 0. The molecule has 1 aromatic heterocycles. The van der Waals surface area contributed by atoms with Crippen LogP contribution in [-0.2, 0) is 5.75 Å². The summed E-state index contributed by atoms with van der Waals surface area (Å²) in [4.78, 5) is 4.81. The second-order valence-electron chi connectivity index (χ2n) is 5.65. The summed E-state index contributed by atoms with van der Waals surface area (Å²) in [5, 5.41) is 9.88. The number of imidazole rings is 1. The molecule has 0 fully saturated rings. The fourth-order valence-corrected chi connectivity index (χ4v) is 3.73. The summed E-state index contributed by atoms with van der Waals surface area (Å²) in [6.45, 7) is 0. The molecular formula is C21H15N3S. The Balaban J connectivity index is 1.70. The lowest BCUT2D eigenvalue weighted by Gasteiger charge is -2.09. The molecule has 0 unspecified atom stereocenters. The molecule has 1 heterocycles. The Bertz CT molecular complexity index is 1040. The van der Waals surface area contributed by atoms with Gasteiger partial charge in [0.1, 0.15) is 0 Å². The molecule has 0 atom stereocenters. The highest BCUT2D eigenvalue weighted by Crippen LogP contribution is 2.29. The van der Waals surface area contributed by atoms with Gasteiger partial charge in [0.05, 0.1) is 22.7 Å². The standard InChI is InChI=1S/C21H15N3S/c22-14-16-10-12-17(13-11-16)15-25-21-23-19-8-4-5-9-20(19)24(21)18-6-2-1-3-7-18/h1-13H,15H2. The number of thioether (sulfide) groups is 1. The van der Waals surface area contributed by atoms with E-state index in [1.807, 2.05) is 60.7 Å². The predicted molar refractivity (Wildman–Crippen MR) is 102 cm³/mol. The van der Waals surface area contributed by atoms with Crippen molar-refractivity contribution in [3.05, 3.63) is 90.0 Å². The molecule has 0 aliphatic rings. The summed E-state index contributed by atoms with van der Waals surface area (Å²) < 4.78 is 2.20. The summed E-state index contributed by atoms with van der Waals surface area (Å²) in [6.07, 6.45) is 0. The van der Waals surface area contributed by atoms with Crippen LogP contribution in [0.1, 0.15) is 11.1 Å². The molecule has 0 spiro atoms. The Morgan fingerprint density at radius 3 is 2.36 bits per heavy atom. The minimum Gasteiger partial charge on any atom is -0.287 e. The van der Waals surface area contributed by atoms with Crippen LogP contribution in [0.4, 0.5) is 0 Å². The summed E-state index contributed by atoms with van der Waals surface area (Å²) in [5.74, 6) is 0.807. The van der Waals surface area contributed by atoms with Gasteiger partial charge in [0.15, 0.2) is 5.16 Å². The lowest BCUT2D eigenvalue weighted by Crippen LogP contribution is -1.96. The largest absolute Gasteiger partial charge is 0.287 e. The molecule has 0 saturated heterocycles. The monoisotopic (exact) mass is 341 g/mol. The fraction of sp³-hybridized carbons (Fsp3) is 0.0476. The highest BCUT2D eigenvalue weighted by atomic mass is 32.2. The first kappa shape index (κ1) is 15.5. The SMILES string of the molecule is N#Cc1ccc(CSc2nc3ccccc3n2-c2ccccc2)cc1. The van der Waals surface area contributed by atoms with Crippen molar-refractivity contribution in [2.75, 3.05) is 0 Å². The molecule has 0 bridgehead atoms. The minimum atomic E-state index is 0.685. The van der Waals surface area contributed by atoms with E-state index in [4.69, 9.17) is 10.2 Å². The molecule has 4 rings (SSSR count). The van der Waals surface area contributed by atoms with E-state index in [0.29, 0.717) is 5.56 Å². The quantitative estimate of drug-likeness (QED) is 0.480. The molecule has 0 saturated carbocycles. The topological polar surface area (TPSA) is 41.6 Å². The molecule has 0 aliphatic heterocycles. The fourth-order valence-electron chi connectivity index (χ4n) is 2.75. The zero-order valence-corrected chi connectivity index (χ0v) is 14.3. The van der Waals surface area contributed by atoms with Crippen LogP contribution in [0.5, 0.6) is 0 Å². The van der Waals surface area contributed by atoms with Gasteiger partial charge >= 0.3 is 0 Å². The molecular weight excluding hydrogens is 326 g/mol. The first-order valence-electron chi connectivity index (χ1n) is 8.00. The number of aromatic nitrogens is 2. The van der Waals surface area contributed by atoms with Crippen LogP contribution in [0.25, 0.3) is 16.7 Å². The van der Waals surface area contributed by atoms with E-state index >= 15 is 0 Å². The van der Waals surface area contributed by atoms with E-state index in [-0.39, 0.29) is 0 Å². The number of fused-ring (bicyclic) bond motifs is 1. The molecule has 0 aliphatic carbocycles. The van der Waals surface area contributed by atoms with Crippen molar-refractivity contribution in [2.24, 2.45) is 0 Å². The minimum absolute atomic E-state index is 0.685. The zero-order valence-electron chi connectivity index (χ0n) is 13.5. The van der Waals surface area contributed by atoms with Gasteiger partial charge in [-0.2, -0.15) is 5.26 Å². The average molecular weight is 341 g/mol. The molecule has 25 heavy (non-hydrogen) atoms. The van der Waals surface area contributed by atoms with Crippen LogP contribution < -0.4 is 0 Å². The van der Waals surface area contributed by atoms with E-state index in [9.17, 15) is 0 Å². The van der Waals surface area contributed by atoms with E-state index < -0.39 is 0 Å². The summed E-state index contributed by atoms with van der Waals surface area (Å²) >= 11 is 1.70. The maximum atomic E-state index is 8.91. The molecule has 0 amide bonds. The van der Waals surface area contributed by atoms with Gasteiger partial charge in [0.2, 0.25) is 0 Å². The molecule has 4 aromatic rings. The van der Waals surface area contributed by atoms with Gasteiger partial charge in [-0.25, -0.2) is 4.98 Å². The van der Waals surface area contributed by atoms with Gasteiger partial charge in [0.25, 0.3) is 0 Å². The van der Waals surface area contributed by atoms with Crippen molar-refractivity contribution in [1.82, 2.24) is 9.55 Å². The second kappa shape index (κ2) is 6.84. The lowest BCUT2D eigenvalue weighted by molar-refractivity contribution is 0.919. The van der Waals surface area contributed by atoms with Gasteiger partial charge in [-0.05, 0) is 42.0 Å². The smallest absolute Gasteiger partial charge is 0.174 e. The first-order valence-corrected chi connectivity index (χ1v) is 8.98. The van der Waals surface area contributed by atoms with Gasteiger partial charge in [0, 0.05) is 11.4 Å². The Labute approximate surface area is 150 Å². The van der Waals surface area contributed by atoms with Gasteiger partial charge in [-0.3, -0.25) is 4.57 Å². The van der Waals surface area contributed by atoms with Crippen LogP contribution >= 0.6 is 11.8 Å². The van der Waals surface area contributed by atoms with Crippen LogP contribution in [0.15, 0.2) is 84.0 Å². The third-order valence-electron chi connectivity index (χ3n) is 4.00. The third-order valence-corrected chi connectivity index (χ3v) is 5.01. The number of hydrogen-bond donors (Lipinski definition) is 0. The highest BCUT2D eigenvalue weighted by molar-refractivity contribution is 7.98. The maximum absolute atomic E-state index is 8.91. The predicted octanol–water partition coefficient (Wildman–Crippen LogP) is 5.19. The van der Waals surface area contributed by atoms with E-state index in [1.165, 1.54) is 5.56 Å². The molecule has 4 heteroatoms. The van der Waals surface area contributed by atoms with Gasteiger partial charge < -0.3 is 0 Å². The van der Waals surface area contributed by atoms with Gasteiger partial charge in [-0.15, -0.1) is 0 Å². The lowest BCUT2D eigenvalue weighted by atomic mass is 10.2. The summed E-state index contributed by atoms with van der Waals surface area (Å²) in [6, 6.07) is 28.4. The van der Waals surface area contributed by atoms with Gasteiger partial charge in [-0.1, -0.05) is 54.2 Å². The van der Waals surface area contributed by atoms with Crippen molar-refractivity contribution in [3.8, 4) is 11.8 Å². The first-order chi connectivity index (χ1) is 12.3. The van der Waals surface area contributed by atoms with E-state index in [0.717, 1.165) is 27.6 Å². The van der Waals surface area contributed by atoms with Crippen LogP contribution in [0.3, 0.4) is 0 Å². The molecule has 0 N–H and O–H groups in total. The normalized spacial score (nSPS) is 10.7. The molecule has 3 aromatic carbocycles. The molecule has 0 radical (unpaired) electrons. The highest BCUT2D eigenvalue weighted by Gasteiger charge is 2.12. The number of para-hydroxylation sites is 3. The third kappa shape index (κ3) is 3.15. The van der Waals surface area contributed by atoms with E-state index in [2.05, 4.69) is 28.8 Å². The van der Waals surface area contributed by atoms with Crippen molar-refractivity contribution in [2.45, 2.75) is 10.9 Å². The average Bonchev–Trinajstić information content (AvgIpc) is 3.06.